The number of halogens is 2. The Balaban J connectivity index is 1.66. The van der Waals surface area contributed by atoms with Gasteiger partial charge in [0.1, 0.15) is 11.8 Å². The van der Waals surface area contributed by atoms with E-state index in [1.54, 1.807) is 38.4 Å². The SMILES string of the molecule is CC(C(=O)Nc1ccc(OCC(=O)N(C)C)cc1)N1C(=O)c2cc(Cl)c(Cl)cc2C1=O. The molecule has 0 aromatic heterocycles. The minimum atomic E-state index is -1.07. The molecular formula is C21H19Cl2N3O5. The van der Waals surface area contributed by atoms with Gasteiger partial charge in [-0.05, 0) is 43.3 Å². The van der Waals surface area contributed by atoms with E-state index in [9.17, 15) is 19.2 Å². The van der Waals surface area contributed by atoms with Crippen LogP contribution in [0.2, 0.25) is 10.0 Å². The standard InChI is InChI=1S/C21H19Cl2N3O5/c1-11(26-20(29)14-8-16(22)17(23)9-15(14)21(26)30)19(28)24-12-4-6-13(7-5-12)31-10-18(27)25(2)3/h4-9,11H,10H2,1-3H3,(H,24,28). The van der Waals surface area contributed by atoms with Crippen LogP contribution in [0.5, 0.6) is 5.75 Å². The van der Waals surface area contributed by atoms with Gasteiger partial charge in [0.2, 0.25) is 5.91 Å². The third kappa shape index (κ3) is 4.65. The van der Waals surface area contributed by atoms with Crippen molar-refractivity contribution in [2.45, 2.75) is 13.0 Å². The fraction of sp³-hybridized carbons (Fsp3) is 0.238. The van der Waals surface area contributed by atoms with Crippen molar-refractivity contribution in [2.24, 2.45) is 0 Å². The van der Waals surface area contributed by atoms with Crippen LogP contribution in [0.4, 0.5) is 5.69 Å². The molecule has 1 aliphatic heterocycles. The molecule has 1 heterocycles. The lowest BCUT2D eigenvalue weighted by atomic mass is 10.1. The van der Waals surface area contributed by atoms with E-state index >= 15 is 0 Å². The van der Waals surface area contributed by atoms with Gasteiger partial charge in [-0.25, -0.2) is 0 Å². The average molecular weight is 464 g/mol. The first-order valence-electron chi connectivity index (χ1n) is 9.21. The fourth-order valence-corrected chi connectivity index (χ4v) is 3.20. The van der Waals surface area contributed by atoms with Crippen LogP contribution in [-0.4, -0.2) is 60.2 Å². The number of fused-ring (bicyclic) bond motifs is 1. The van der Waals surface area contributed by atoms with Crippen molar-refractivity contribution in [1.82, 2.24) is 9.80 Å². The number of hydrogen-bond donors (Lipinski definition) is 1. The highest BCUT2D eigenvalue weighted by Gasteiger charge is 2.41. The van der Waals surface area contributed by atoms with Gasteiger partial charge >= 0.3 is 0 Å². The molecule has 0 bridgehead atoms. The van der Waals surface area contributed by atoms with Crippen molar-refractivity contribution >= 4 is 52.5 Å². The molecule has 0 saturated heterocycles. The minimum Gasteiger partial charge on any atom is -0.484 e. The number of carbonyl (C=O) groups excluding carboxylic acids is 4. The molecule has 0 fully saturated rings. The molecule has 0 spiro atoms. The first kappa shape index (κ1) is 22.6. The number of benzene rings is 2. The molecule has 4 amide bonds. The highest BCUT2D eigenvalue weighted by atomic mass is 35.5. The summed E-state index contributed by atoms with van der Waals surface area (Å²) in [6.07, 6.45) is 0. The summed E-state index contributed by atoms with van der Waals surface area (Å²) < 4.78 is 5.38. The summed E-state index contributed by atoms with van der Waals surface area (Å²) in [6, 6.07) is 7.93. The van der Waals surface area contributed by atoms with E-state index < -0.39 is 23.8 Å². The zero-order valence-corrected chi connectivity index (χ0v) is 18.5. The third-order valence-corrected chi connectivity index (χ3v) is 5.43. The second kappa shape index (κ2) is 8.95. The van der Waals surface area contributed by atoms with Gasteiger partial charge in [-0.3, -0.25) is 24.1 Å². The fourth-order valence-electron chi connectivity index (χ4n) is 2.88. The molecule has 3 rings (SSSR count). The van der Waals surface area contributed by atoms with Gasteiger partial charge in [-0.2, -0.15) is 0 Å². The minimum absolute atomic E-state index is 0.104. The van der Waals surface area contributed by atoms with Crippen LogP contribution in [0.15, 0.2) is 36.4 Å². The molecule has 2 aromatic rings. The number of amides is 4. The van der Waals surface area contributed by atoms with Crippen molar-refractivity contribution in [1.29, 1.82) is 0 Å². The highest BCUT2D eigenvalue weighted by molar-refractivity contribution is 6.43. The topological polar surface area (TPSA) is 96.0 Å². The predicted molar refractivity (Wildman–Crippen MR) is 116 cm³/mol. The van der Waals surface area contributed by atoms with Crippen LogP contribution in [0.3, 0.4) is 0 Å². The van der Waals surface area contributed by atoms with Crippen molar-refractivity contribution in [3.8, 4) is 5.75 Å². The summed E-state index contributed by atoms with van der Waals surface area (Å²) >= 11 is 11.9. The molecule has 1 atom stereocenters. The molecule has 10 heteroatoms. The van der Waals surface area contributed by atoms with Crippen LogP contribution < -0.4 is 10.1 Å². The normalized spacial score (nSPS) is 13.6. The van der Waals surface area contributed by atoms with Gasteiger partial charge in [-0.1, -0.05) is 23.2 Å². The van der Waals surface area contributed by atoms with E-state index in [-0.39, 0.29) is 33.7 Å². The van der Waals surface area contributed by atoms with Crippen molar-refractivity contribution in [3.05, 3.63) is 57.6 Å². The van der Waals surface area contributed by atoms with E-state index in [0.29, 0.717) is 11.4 Å². The van der Waals surface area contributed by atoms with E-state index in [1.165, 1.54) is 24.0 Å². The first-order valence-corrected chi connectivity index (χ1v) is 9.96. The van der Waals surface area contributed by atoms with E-state index in [0.717, 1.165) is 4.90 Å². The lowest BCUT2D eigenvalue weighted by Gasteiger charge is -2.21. The van der Waals surface area contributed by atoms with Crippen molar-refractivity contribution < 1.29 is 23.9 Å². The number of anilines is 1. The molecule has 31 heavy (non-hydrogen) atoms. The number of hydrogen-bond acceptors (Lipinski definition) is 5. The summed E-state index contributed by atoms with van der Waals surface area (Å²) in [5.41, 5.74) is 0.645. The van der Waals surface area contributed by atoms with Crippen molar-refractivity contribution in [3.63, 3.8) is 0 Å². The Morgan fingerprint density at radius 2 is 1.55 bits per heavy atom. The van der Waals surface area contributed by atoms with Crippen LogP contribution in [0.25, 0.3) is 0 Å². The van der Waals surface area contributed by atoms with E-state index in [1.807, 2.05) is 0 Å². The Labute approximate surface area is 188 Å². The summed E-state index contributed by atoms with van der Waals surface area (Å²) in [6.45, 7) is 1.34. The number of rotatable bonds is 6. The van der Waals surface area contributed by atoms with E-state index in [4.69, 9.17) is 27.9 Å². The van der Waals surface area contributed by atoms with Gasteiger partial charge in [0, 0.05) is 19.8 Å². The predicted octanol–water partition coefficient (Wildman–Crippen LogP) is 3.08. The number of likely N-dealkylation sites (N-methyl/N-ethyl adjacent to an activating group) is 1. The Bertz CT molecular complexity index is 1030. The molecule has 1 N–H and O–H groups in total. The van der Waals surface area contributed by atoms with Gasteiger partial charge in [0.15, 0.2) is 6.61 Å². The van der Waals surface area contributed by atoms with E-state index in [2.05, 4.69) is 5.32 Å². The Morgan fingerprint density at radius 1 is 1.03 bits per heavy atom. The molecular weight excluding hydrogens is 445 g/mol. The second-order valence-electron chi connectivity index (χ2n) is 7.06. The quantitative estimate of drug-likeness (QED) is 0.663. The lowest BCUT2D eigenvalue weighted by Crippen LogP contribution is -2.45. The number of nitrogens with one attached hydrogen (secondary N) is 1. The zero-order chi connectivity index (χ0) is 22.9. The first-order chi connectivity index (χ1) is 14.6. The maximum atomic E-state index is 12.7. The monoisotopic (exact) mass is 463 g/mol. The molecule has 0 aliphatic carbocycles. The highest BCUT2D eigenvalue weighted by Crippen LogP contribution is 2.32. The molecule has 8 nitrogen and oxygen atoms in total. The summed E-state index contributed by atoms with van der Waals surface area (Å²) in [5, 5.41) is 2.95. The van der Waals surface area contributed by atoms with Gasteiger partial charge < -0.3 is 15.0 Å². The lowest BCUT2D eigenvalue weighted by molar-refractivity contribution is -0.130. The van der Waals surface area contributed by atoms with Crippen LogP contribution in [-0.2, 0) is 9.59 Å². The Hall–Kier alpha value is -3.10. The smallest absolute Gasteiger partial charge is 0.262 e. The summed E-state index contributed by atoms with van der Waals surface area (Å²) in [7, 11) is 3.26. The van der Waals surface area contributed by atoms with Crippen LogP contribution in [0.1, 0.15) is 27.6 Å². The molecule has 1 unspecified atom stereocenters. The van der Waals surface area contributed by atoms with Gasteiger partial charge in [-0.15, -0.1) is 0 Å². The summed E-state index contributed by atoms with van der Waals surface area (Å²) in [4.78, 5) is 51.8. The van der Waals surface area contributed by atoms with Gasteiger partial charge in [0.25, 0.3) is 17.7 Å². The molecule has 162 valence electrons. The second-order valence-corrected chi connectivity index (χ2v) is 7.87. The Kier molecular flexibility index (Phi) is 6.52. The van der Waals surface area contributed by atoms with Crippen LogP contribution in [0, 0.1) is 0 Å². The van der Waals surface area contributed by atoms with Crippen LogP contribution >= 0.6 is 23.2 Å². The maximum Gasteiger partial charge on any atom is 0.262 e. The average Bonchev–Trinajstić information content (AvgIpc) is 2.96. The molecule has 1 aliphatic rings. The molecule has 0 radical (unpaired) electrons. The number of ether oxygens (including phenoxy) is 1. The Morgan fingerprint density at radius 3 is 2.03 bits per heavy atom. The number of imide groups is 1. The number of nitrogens with zero attached hydrogens (tertiary/aromatic N) is 2. The maximum absolute atomic E-state index is 12.7. The zero-order valence-electron chi connectivity index (χ0n) is 16.9. The third-order valence-electron chi connectivity index (χ3n) is 4.71. The molecule has 0 saturated carbocycles. The van der Waals surface area contributed by atoms with Gasteiger partial charge in [0.05, 0.1) is 21.2 Å². The molecule has 2 aromatic carbocycles. The summed E-state index contributed by atoms with van der Waals surface area (Å²) in [5.74, 6) is -1.51. The number of carbonyl (C=O) groups is 4. The largest absolute Gasteiger partial charge is 0.484 e. The van der Waals surface area contributed by atoms with Crippen molar-refractivity contribution in [2.75, 3.05) is 26.0 Å².